The molecule has 1 heterocycles. The van der Waals surface area contributed by atoms with Crippen LogP contribution in [-0.2, 0) is 15.7 Å². The molecule has 0 aliphatic heterocycles. The van der Waals surface area contributed by atoms with Crippen LogP contribution in [0.3, 0.4) is 0 Å². The van der Waals surface area contributed by atoms with Crippen molar-refractivity contribution in [3.8, 4) is 0 Å². The van der Waals surface area contributed by atoms with Gasteiger partial charge in [0.1, 0.15) is 6.04 Å². The van der Waals surface area contributed by atoms with Crippen LogP contribution in [0, 0.1) is 0 Å². The molecule has 0 amide bonds. The molecule has 0 aliphatic carbocycles. The molecule has 1 unspecified atom stereocenters. The largest absolute Gasteiger partial charge is 0.465 e. The van der Waals surface area contributed by atoms with Crippen molar-refractivity contribution in [1.82, 2.24) is 4.98 Å². The van der Waals surface area contributed by atoms with E-state index in [1.807, 2.05) is 0 Å². The lowest BCUT2D eigenvalue weighted by atomic mass is 10.0. The molecule has 0 bridgehead atoms. The highest BCUT2D eigenvalue weighted by atomic mass is 19.4. The first-order chi connectivity index (χ1) is 9.34. The number of esters is 1. The number of fused-ring (bicyclic) bond motifs is 1. The Morgan fingerprint density at radius 1 is 1.45 bits per heavy atom. The number of aromatic nitrogens is 1. The maximum absolute atomic E-state index is 12.6. The normalized spacial score (nSPS) is 13.4. The molecule has 20 heavy (non-hydrogen) atoms. The van der Waals surface area contributed by atoms with Crippen LogP contribution >= 0.6 is 0 Å². The molecular weight excluding hydrogens is 273 g/mol. The first kappa shape index (κ1) is 14.4. The lowest BCUT2D eigenvalue weighted by Gasteiger charge is -2.10. The van der Waals surface area contributed by atoms with Gasteiger partial charge in [-0.15, -0.1) is 0 Å². The Labute approximate surface area is 112 Å². The second kappa shape index (κ2) is 5.16. The summed E-state index contributed by atoms with van der Waals surface area (Å²) in [4.78, 5) is 14.3. The second-order valence-corrected chi connectivity index (χ2v) is 4.23. The number of nitrogens with one attached hydrogen (secondary N) is 1. The number of H-pyrrole nitrogens is 1. The van der Waals surface area contributed by atoms with Crippen LogP contribution in [0.4, 0.5) is 13.2 Å². The minimum Gasteiger partial charge on any atom is -0.465 e. The molecule has 1 aromatic heterocycles. The first-order valence-corrected chi connectivity index (χ1v) is 5.95. The van der Waals surface area contributed by atoms with E-state index in [-0.39, 0.29) is 12.1 Å². The van der Waals surface area contributed by atoms with Gasteiger partial charge in [-0.25, -0.2) is 4.79 Å². The van der Waals surface area contributed by atoms with Crippen LogP contribution in [0.15, 0.2) is 24.4 Å². The number of benzene rings is 1. The monoisotopic (exact) mass is 286 g/mol. The topological polar surface area (TPSA) is 68.1 Å². The average molecular weight is 286 g/mol. The molecule has 2 rings (SSSR count). The van der Waals surface area contributed by atoms with E-state index in [2.05, 4.69) is 4.98 Å². The Morgan fingerprint density at radius 3 is 2.75 bits per heavy atom. The Morgan fingerprint density at radius 2 is 2.15 bits per heavy atom. The zero-order valence-electron chi connectivity index (χ0n) is 10.6. The van der Waals surface area contributed by atoms with Crippen molar-refractivity contribution in [3.63, 3.8) is 0 Å². The number of alkyl halides is 3. The van der Waals surface area contributed by atoms with Gasteiger partial charge in [-0.05, 0) is 19.1 Å². The first-order valence-electron chi connectivity index (χ1n) is 5.95. The SMILES string of the molecule is CCOC(=O)C(N)c1c[nH]c2cc(C(F)(F)F)ccc12. The third kappa shape index (κ3) is 2.62. The van der Waals surface area contributed by atoms with Crippen LogP contribution < -0.4 is 5.73 Å². The van der Waals surface area contributed by atoms with Crippen molar-refractivity contribution in [1.29, 1.82) is 0 Å². The molecule has 1 atom stereocenters. The summed E-state index contributed by atoms with van der Waals surface area (Å²) in [6, 6.07) is 2.21. The molecule has 7 heteroatoms. The van der Waals surface area contributed by atoms with Crippen LogP contribution in [0.25, 0.3) is 10.9 Å². The number of hydrogen-bond acceptors (Lipinski definition) is 3. The van der Waals surface area contributed by atoms with Gasteiger partial charge in [-0.2, -0.15) is 13.2 Å². The lowest BCUT2D eigenvalue weighted by molar-refractivity contribution is -0.144. The fraction of sp³-hybridized carbons (Fsp3) is 0.308. The zero-order valence-corrected chi connectivity index (χ0v) is 10.6. The van der Waals surface area contributed by atoms with Crippen molar-refractivity contribution in [3.05, 3.63) is 35.5 Å². The summed E-state index contributed by atoms with van der Waals surface area (Å²) < 4.78 is 42.6. The Bertz CT molecular complexity index is 634. The van der Waals surface area contributed by atoms with E-state index < -0.39 is 23.8 Å². The number of carbonyl (C=O) groups is 1. The number of halogens is 3. The molecule has 1 aromatic carbocycles. The van der Waals surface area contributed by atoms with E-state index >= 15 is 0 Å². The second-order valence-electron chi connectivity index (χ2n) is 4.23. The van der Waals surface area contributed by atoms with E-state index in [0.29, 0.717) is 10.9 Å². The van der Waals surface area contributed by atoms with Gasteiger partial charge in [0.2, 0.25) is 0 Å². The highest BCUT2D eigenvalue weighted by Gasteiger charge is 2.31. The van der Waals surface area contributed by atoms with Crippen molar-refractivity contribution in [2.45, 2.75) is 19.1 Å². The van der Waals surface area contributed by atoms with Gasteiger partial charge < -0.3 is 15.5 Å². The number of hydrogen-bond donors (Lipinski definition) is 2. The highest BCUT2D eigenvalue weighted by molar-refractivity contribution is 5.90. The Kier molecular flexibility index (Phi) is 3.71. The summed E-state index contributed by atoms with van der Waals surface area (Å²) in [5, 5.41) is 0.471. The molecule has 0 fully saturated rings. The van der Waals surface area contributed by atoms with E-state index in [1.165, 1.54) is 12.3 Å². The zero-order chi connectivity index (χ0) is 14.9. The van der Waals surface area contributed by atoms with Crippen LogP contribution in [0.1, 0.15) is 24.1 Å². The molecule has 3 N–H and O–H groups in total. The van der Waals surface area contributed by atoms with Gasteiger partial charge in [0.15, 0.2) is 0 Å². The molecule has 0 aliphatic rings. The maximum Gasteiger partial charge on any atom is 0.416 e. The molecule has 0 saturated carbocycles. The molecule has 108 valence electrons. The number of carbonyl (C=O) groups excluding carboxylic acids is 1. The quantitative estimate of drug-likeness (QED) is 0.852. The van der Waals surface area contributed by atoms with Gasteiger partial charge >= 0.3 is 12.1 Å². The molecule has 0 spiro atoms. The summed E-state index contributed by atoms with van der Waals surface area (Å²) in [5.41, 5.74) is 5.66. The number of ether oxygens (including phenoxy) is 1. The number of rotatable bonds is 3. The Balaban J connectivity index is 2.41. The summed E-state index contributed by atoms with van der Waals surface area (Å²) in [5.74, 6) is -0.617. The van der Waals surface area contributed by atoms with Crippen molar-refractivity contribution < 1.29 is 22.7 Å². The smallest absolute Gasteiger partial charge is 0.416 e. The Hall–Kier alpha value is -2.02. The molecule has 2 aromatic rings. The minimum absolute atomic E-state index is 0.188. The van der Waals surface area contributed by atoms with Crippen molar-refractivity contribution in [2.24, 2.45) is 5.73 Å². The molecular formula is C13H13F3N2O2. The van der Waals surface area contributed by atoms with Crippen LogP contribution in [0.5, 0.6) is 0 Å². The summed E-state index contributed by atoms with van der Waals surface area (Å²) >= 11 is 0. The van der Waals surface area contributed by atoms with E-state index in [0.717, 1.165) is 12.1 Å². The van der Waals surface area contributed by atoms with Gasteiger partial charge in [0, 0.05) is 22.7 Å². The van der Waals surface area contributed by atoms with E-state index in [1.54, 1.807) is 6.92 Å². The minimum atomic E-state index is -4.41. The standard InChI is InChI=1S/C13H13F3N2O2/c1-2-20-12(19)11(17)9-6-18-10-5-7(13(14,15)16)3-4-8(9)10/h3-6,11,18H,2,17H2,1H3. The van der Waals surface area contributed by atoms with E-state index in [4.69, 9.17) is 10.5 Å². The van der Waals surface area contributed by atoms with E-state index in [9.17, 15) is 18.0 Å². The average Bonchev–Trinajstić information content (AvgIpc) is 2.79. The van der Waals surface area contributed by atoms with Gasteiger partial charge in [-0.3, -0.25) is 0 Å². The summed E-state index contributed by atoms with van der Waals surface area (Å²) in [6.45, 7) is 1.84. The molecule has 0 radical (unpaired) electrons. The predicted octanol–water partition coefficient (Wildman–Crippen LogP) is 2.75. The summed E-state index contributed by atoms with van der Waals surface area (Å²) in [6.07, 6.45) is -2.99. The number of aromatic amines is 1. The summed E-state index contributed by atoms with van der Waals surface area (Å²) in [7, 11) is 0. The number of nitrogens with two attached hydrogens (primary N) is 1. The fourth-order valence-electron chi connectivity index (χ4n) is 1.94. The van der Waals surface area contributed by atoms with Crippen molar-refractivity contribution >= 4 is 16.9 Å². The van der Waals surface area contributed by atoms with Crippen LogP contribution in [-0.4, -0.2) is 17.6 Å². The van der Waals surface area contributed by atoms with Crippen molar-refractivity contribution in [2.75, 3.05) is 6.61 Å². The predicted molar refractivity (Wildman–Crippen MR) is 66.9 cm³/mol. The molecule has 0 saturated heterocycles. The van der Waals surface area contributed by atoms with Crippen LogP contribution in [0.2, 0.25) is 0 Å². The fourth-order valence-corrected chi connectivity index (χ4v) is 1.94. The maximum atomic E-state index is 12.6. The highest BCUT2D eigenvalue weighted by Crippen LogP contribution is 2.33. The van der Waals surface area contributed by atoms with Gasteiger partial charge in [0.25, 0.3) is 0 Å². The van der Waals surface area contributed by atoms with Gasteiger partial charge in [0.05, 0.1) is 12.2 Å². The van der Waals surface area contributed by atoms with Gasteiger partial charge in [-0.1, -0.05) is 6.07 Å². The molecule has 4 nitrogen and oxygen atoms in total. The lowest BCUT2D eigenvalue weighted by Crippen LogP contribution is -2.23. The third-order valence-corrected chi connectivity index (χ3v) is 2.92. The third-order valence-electron chi connectivity index (χ3n) is 2.92.